The molecule has 0 bridgehead atoms. The molecule has 1 N–H and O–H groups in total. The molecule has 0 amide bonds. The maximum absolute atomic E-state index is 12.9. The molecule has 0 aromatic heterocycles. The number of rotatable bonds is 43. The maximum Gasteiger partial charge on any atom is 0.508 e. The van der Waals surface area contributed by atoms with Crippen LogP contribution in [0.1, 0.15) is 233 Å². The highest BCUT2D eigenvalue weighted by Gasteiger charge is 2.19. The zero-order chi connectivity index (χ0) is 39.6. The number of aliphatic hydroxyl groups is 1. The molecule has 0 heterocycles. The minimum atomic E-state index is -0.505. The first kappa shape index (κ1) is 52.7. The molecule has 0 aliphatic rings. The van der Waals surface area contributed by atoms with Crippen LogP contribution in [0.3, 0.4) is 0 Å². The Morgan fingerprint density at radius 3 is 1.31 bits per heavy atom. The van der Waals surface area contributed by atoms with Crippen molar-refractivity contribution in [1.29, 1.82) is 0 Å². The fourth-order valence-corrected chi connectivity index (χ4v) is 7.49. The minimum absolute atomic E-state index is 0.0383. The van der Waals surface area contributed by atoms with Gasteiger partial charge in [0.05, 0.1) is 32.3 Å². The van der Waals surface area contributed by atoms with E-state index in [4.69, 9.17) is 14.2 Å². The van der Waals surface area contributed by atoms with Crippen molar-refractivity contribution in [2.75, 3.05) is 46.1 Å². The van der Waals surface area contributed by atoms with Crippen molar-refractivity contribution in [2.24, 2.45) is 11.8 Å². The molecule has 54 heavy (non-hydrogen) atoms. The Bertz CT molecular complexity index is 779. The lowest BCUT2D eigenvalue weighted by Gasteiger charge is -2.21. The SMILES string of the molecule is CCCCCCCCC(CCCCCC)COC(=O)OCCCCCCN(CCO)CCCCCCOC(=O)C(CCCCCC)CCCCCCCC. The lowest BCUT2D eigenvalue weighted by Crippen LogP contribution is -2.29. The predicted molar refractivity (Wildman–Crippen MR) is 229 cm³/mol. The highest BCUT2D eigenvalue weighted by atomic mass is 16.7. The van der Waals surface area contributed by atoms with Gasteiger partial charge in [0.25, 0.3) is 0 Å². The zero-order valence-electron chi connectivity index (χ0n) is 36.7. The van der Waals surface area contributed by atoms with Crippen molar-refractivity contribution in [1.82, 2.24) is 4.90 Å². The molecule has 0 fully saturated rings. The van der Waals surface area contributed by atoms with E-state index in [0.29, 0.717) is 32.3 Å². The number of ether oxygens (including phenoxy) is 3. The second-order valence-corrected chi connectivity index (χ2v) is 16.3. The molecule has 2 atom stereocenters. The van der Waals surface area contributed by atoms with Gasteiger partial charge in [-0.3, -0.25) is 4.79 Å². The van der Waals surface area contributed by atoms with Crippen LogP contribution in [-0.2, 0) is 19.0 Å². The number of hydrogen-bond acceptors (Lipinski definition) is 7. The summed E-state index contributed by atoms with van der Waals surface area (Å²) in [7, 11) is 0. The van der Waals surface area contributed by atoms with Crippen LogP contribution in [0.2, 0.25) is 0 Å². The Labute approximate surface area is 336 Å². The Hall–Kier alpha value is -1.34. The summed E-state index contributed by atoms with van der Waals surface area (Å²) in [5.41, 5.74) is 0. The first-order valence-electron chi connectivity index (χ1n) is 23.8. The largest absolute Gasteiger partial charge is 0.508 e. The van der Waals surface area contributed by atoms with Crippen molar-refractivity contribution in [3.63, 3.8) is 0 Å². The standard InChI is InChI=1S/C47H93NO6/c1-5-9-13-17-19-26-34-44(33-25-15-11-7-3)43-54-47(51)53-42-32-24-22-30-38-48(39-40-49)37-29-21-23-31-41-52-46(50)45(35-27-16-12-8-4)36-28-20-18-14-10-6-2/h44-45,49H,5-43H2,1-4H3. The number of nitrogens with zero attached hydrogens (tertiary/aromatic N) is 1. The van der Waals surface area contributed by atoms with Gasteiger partial charge in [0.2, 0.25) is 0 Å². The second-order valence-electron chi connectivity index (χ2n) is 16.3. The van der Waals surface area contributed by atoms with Crippen LogP contribution in [0.25, 0.3) is 0 Å². The van der Waals surface area contributed by atoms with Crippen LogP contribution in [0.4, 0.5) is 4.79 Å². The summed E-state index contributed by atoms with van der Waals surface area (Å²) >= 11 is 0. The number of hydrogen-bond donors (Lipinski definition) is 1. The van der Waals surface area contributed by atoms with Gasteiger partial charge in [-0.2, -0.15) is 0 Å². The Kier molecular flexibility index (Phi) is 41.7. The van der Waals surface area contributed by atoms with Gasteiger partial charge in [-0.25, -0.2) is 4.79 Å². The molecule has 0 rings (SSSR count). The third-order valence-electron chi connectivity index (χ3n) is 11.1. The van der Waals surface area contributed by atoms with Crippen LogP contribution in [0, 0.1) is 11.8 Å². The summed E-state index contributed by atoms with van der Waals surface area (Å²) in [6.45, 7) is 13.3. The molecule has 0 aliphatic heterocycles. The van der Waals surface area contributed by atoms with E-state index in [1.165, 1.54) is 116 Å². The van der Waals surface area contributed by atoms with Gasteiger partial charge in [0.1, 0.15) is 0 Å². The monoisotopic (exact) mass is 768 g/mol. The number of unbranched alkanes of at least 4 members (excludes halogenated alkanes) is 22. The van der Waals surface area contributed by atoms with Crippen molar-refractivity contribution >= 4 is 12.1 Å². The number of carbonyl (C=O) groups excluding carboxylic acids is 2. The van der Waals surface area contributed by atoms with E-state index >= 15 is 0 Å². The van der Waals surface area contributed by atoms with E-state index in [1.54, 1.807) is 0 Å². The molecule has 0 spiro atoms. The van der Waals surface area contributed by atoms with E-state index in [-0.39, 0.29) is 18.5 Å². The summed E-state index contributed by atoms with van der Waals surface area (Å²) in [5.74, 6) is 0.571. The summed E-state index contributed by atoms with van der Waals surface area (Å²) in [6, 6.07) is 0. The average molecular weight is 768 g/mol. The molecule has 7 nitrogen and oxygen atoms in total. The second kappa shape index (κ2) is 42.8. The first-order chi connectivity index (χ1) is 26.5. The van der Waals surface area contributed by atoms with Crippen molar-refractivity contribution in [2.45, 2.75) is 233 Å². The van der Waals surface area contributed by atoms with Crippen LogP contribution in [0.5, 0.6) is 0 Å². The van der Waals surface area contributed by atoms with Gasteiger partial charge in [-0.15, -0.1) is 0 Å². The lowest BCUT2D eigenvalue weighted by atomic mass is 9.94. The summed E-state index contributed by atoms with van der Waals surface area (Å²) in [6.07, 6.45) is 37.2. The molecule has 0 aliphatic carbocycles. The molecule has 322 valence electrons. The molecule has 2 unspecified atom stereocenters. The van der Waals surface area contributed by atoms with Gasteiger partial charge in [0.15, 0.2) is 0 Å². The highest BCUT2D eigenvalue weighted by molar-refractivity contribution is 5.72. The predicted octanol–water partition coefficient (Wildman–Crippen LogP) is 13.8. The van der Waals surface area contributed by atoms with Crippen LogP contribution in [0.15, 0.2) is 0 Å². The third kappa shape index (κ3) is 36.3. The Balaban J connectivity index is 4.13. The smallest absolute Gasteiger partial charge is 0.465 e. The zero-order valence-corrected chi connectivity index (χ0v) is 36.7. The Morgan fingerprint density at radius 1 is 0.444 bits per heavy atom. The fourth-order valence-electron chi connectivity index (χ4n) is 7.49. The highest BCUT2D eigenvalue weighted by Crippen LogP contribution is 2.22. The molecule has 0 radical (unpaired) electrons. The normalized spacial score (nSPS) is 12.6. The van der Waals surface area contributed by atoms with Crippen molar-refractivity contribution < 1.29 is 28.9 Å². The van der Waals surface area contributed by atoms with Crippen LogP contribution < -0.4 is 0 Å². The van der Waals surface area contributed by atoms with Gasteiger partial charge >= 0.3 is 12.1 Å². The van der Waals surface area contributed by atoms with Crippen molar-refractivity contribution in [3.05, 3.63) is 0 Å². The minimum Gasteiger partial charge on any atom is -0.465 e. The molecule has 0 aromatic carbocycles. The van der Waals surface area contributed by atoms with Gasteiger partial charge < -0.3 is 24.2 Å². The van der Waals surface area contributed by atoms with Gasteiger partial charge in [0, 0.05) is 6.54 Å². The first-order valence-corrected chi connectivity index (χ1v) is 23.8. The molecule has 0 aromatic rings. The number of esters is 1. The molecular weight excluding hydrogens is 675 g/mol. The quantitative estimate of drug-likeness (QED) is 0.0488. The Morgan fingerprint density at radius 2 is 0.833 bits per heavy atom. The maximum atomic E-state index is 12.9. The number of aliphatic hydroxyl groups excluding tert-OH is 1. The number of carbonyl (C=O) groups is 2. The van der Waals surface area contributed by atoms with E-state index in [1.807, 2.05) is 0 Å². The average Bonchev–Trinajstić information content (AvgIpc) is 3.17. The van der Waals surface area contributed by atoms with E-state index in [0.717, 1.165) is 103 Å². The molecule has 7 heteroatoms. The van der Waals surface area contributed by atoms with Crippen molar-refractivity contribution in [3.8, 4) is 0 Å². The topological polar surface area (TPSA) is 85.3 Å². The van der Waals surface area contributed by atoms with Crippen LogP contribution >= 0.6 is 0 Å². The van der Waals surface area contributed by atoms with Gasteiger partial charge in [-0.05, 0) is 70.4 Å². The fraction of sp³-hybridized carbons (Fsp3) is 0.957. The molecule has 0 saturated heterocycles. The van der Waals surface area contributed by atoms with E-state index in [9.17, 15) is 14.7 Å². The van der Waals surface area contributed by atoms with E-state index < -0.39 is 6.16 Å². The summed E-state index contributed by atoms with van der Waals surface area (Å²) in [5, 5.41) is 9.59. The summed E-state index contributed by atoms with van der Waals surface area (Å²) in [4.78, 5) is 27.6. The molecular formula is C47H93NO6. The van der Waals surface area contributed by atoms with Gasteiger partial charge in [-0.1, -0.05) is 182 Å². The molecule has 0 saturated carbocycles. The third-order valence-corrected chi connectivity index (χ3v) is 11.1. The van der Waals surface area contributed by atoms with Crippen LogP contribution in [-0.4, -0.2) is 68.2 Å². The van der Waals surface area contributed by atoms with E-state index in [2.05, 4.69) is 32.6 Å². The lowest BCUT2D eigenvalue weighted by molar-refractivity contribution is -0.149. The summed E-state index contributed by atoms with van der Waals surface area (Å²) < 4.78 is 16.8.